The first kappa shape index (κ1) is 17.8. The molecule has 5 rings (SSSR count). The molecule has 0 aromatic carbocycles. The van der Waals surface area contributed by atoms with Crippen molar-refractivity contribution in [2.24, 2.45) is 17.8 Å². The fourth-order valence-electron chi connectivity index (χ4n) is 5.80. The van der Waals surface area contributed by atoms with Gasteiger partial charge in [0.25, 0.3) is 0 Å². The molecule has 4 aliphatic carbocycles. The van der Waals surface area contributed by atoms with Gasteiger partial charge >= 0.3 is 6.09 Å². The zero-order chi connectivity index (χ0) is 17.8. The van der Waals surface area contributed by atoms with Crippen LogP contribution in [0, 0.1) is 17.8 Å². The third-order valence-electron chi connectivity index (χ3n) is 6.70. The Balaban J connectivity index is 1.29. The highest BCUT2D eigenvalue weighted by molar-refractivity contribution is 7.84. The lowest BCUT2D eigenvalue weighted by molar-refractivity contribution is 0.0203. The number of piperidine rings is 1. The van der Waals surface area contributed by atoms with Crippen LogP contribution in [-0.4, -0.2) is 44.7 Å². The van der Waals surface area contributed by atoms with Gasteiger partial charge in [0.1, 0.15) is 5.60 Å². The van der Waals surface area contributed by atoms with Crippen molar-refractivity contribution in [3.8, 4) is 0 Å². The van der Waals surface area contributed by atoms with Gasteiger partial charge in [-0.05, 0) is 83.5 Å². The first-order chi connectivity index (χ1) is 11.7. The summed E-state index contributed by atoms with van der Waals surface area (Å²) < 4.78 is 22.2. The summed E-state index contributed by atoms with van der Waals surface area (Å²) in [7, 11) is -0.932. The molecule has 1 N–H and O–H groups in total. The zero-order valence-electron chi connectivity index (χ0n) is 15.8. The fourth-order valence-corrected chi connectivity index (χ4v) is 7.84. The number of rotatable bonds is 3. The molecule has 5 aliphatic rings. The molecule has 1 saturated heterocycles. The molecule has 0 aromatic heterocycles. The van der Waals surface area contributed by atoms with Crippen molar-refractivity contribution in [1.29, 1.82) is 0 Å². The van der Waals surface area contributed by atoms with Crippen LogP contribution in [0.1, 0.15) is 65.7 Å². The predicted octanol–water partition coefficient (Wildman–Crippen LogP) is 3.22. The fraction of sp³-hybridized carbons (Fsp3) is 0.947. The van der Waals surface area contributed by atoms with E-state index in [1.807, 2.05) is 20.8 Å². The van der Waals surface area contributed by atoms with Gasteiger partial charge in [-0.25, -0.2) is 13.7 Å². The minimum Gasteiger partial charge on any atom is -0.444 e. The van der Waals surface area contributed by atoms with E-state index in [4.69, 9.17) is 4.74 Å². The second kappa shape index (κ2) is 6.22. The number of nitrogens with one attached hydrogen (secondary N) is 1. The molecule has 0 aromatic rings. The lowest BCUT2D eigenvalue weighted by Gasteiger charge is -2.37. The Morgan fingerprint density at radius 2 is 1.72 bits per heavy atom. The third-order valence-corrected chi connectivity index (χ3v) is 8.66. The minimum absolute atomic E-state index is 0.0654. The summed E-state index contributed by atoms with van der Waals surface area (Å²) in [6.45, 7) is 7.06. The van der Waals surface area contributed by atoms with Crippen molar-refractivity contribution in [2.45, 2.75) is 82.1 Å². The van der Waals surface area contributed by atoms with Crippen LogP contribution in [0.4, 0.5) is 4.79 Å². The van der Waals surface area contributed by atoms with Crippen LogP contribution in [0.2, 0.25) is 0 Å². The summed E-state index contributed by atoms with van der Waals surface area (Å²) >= 11 is 0. The Labute approximate surface area is 153 Å². The Morgan fingerprint density at radius 3 is 2.28 bits per heavy atom. The molecular weight excluding hydrogens is 336 g/mol. The largest absolute Gasteiger partial charge is 0.444 e. The van der Waals surface area contributed by atoms with Gasteiger partial charge in [0.05, 0.1) is 15.7 Å². The van der Waals surface area contributed by atoms with Crippen molar-refractivity contribution in [3.63, 3.8) is 0 Å². The van der Waals surface area contributed by atoms with E-state index in [0.29, 0.717) is 19.0 Å². The van der Waals surface area contributed by atoms with Crippen molar-refractivity contribution in [2.75, 3.05) is 13.1 Å². The van der Waals surface area contributed by atoms with E-state index in [9.17, 15) is 9.00 Å². The standard InChI is InChI=1S/C19H32N2O3S/c1-18(2,3)24-17(22)21-6-4-16(5-7-21)20-25(23)19-11-13-8-14(12-19)10-15(19)9-13/h13-16,20H,4-12H2,1-3H3. The Bertz CT molecular complexity index is 552. The molecule has 0 spiro atoms. The number of amides is 1. The van der Waals surface area contributed by atoms with Gasteiger partial charge in [-0.2, -0.15) is 0 Å². The van der Waals surface area contributed by atoms with Crippen LogP contribution in [0.15, 0.2) is 0 Å². The van der Waals surface area contributed by atoms with E-state index >= 15 is 0 Å². The van der Waals surface area contributed by atoms with E-state index in [1.165, 1.54) is 32.1 Å². The van der Waals surface area contributed by atoms with Gasteiger partial charge < -0.3 is 9.64 Å². The molecule has 1 aliphatic heterocycles. The molecule has 1 heterocycles. The van der Waals surface area contributed by atoms with Crippen molar-refractivity contribution >= 4 is 17.1 Å². The number of carbonyl (C=O) groups is 1. The molecule has 1 amide bonds. The molecule has 0 radical (unpaired) electrons. The first-order valence-electron chi connectivity index (χ1n) is 9.91. The summed E-state index contributed by atoms with van der Waals surface area (Å²) in [5.74, 6) is 2.35. The molecule has 25 heavy (non-hydrogen) atoms. The average Bonchev–Trinajstić information content (AvgIpc) is 2.92. The van der Waals surface area contributed by atoms with Crippen molar-refractivity contribution < 1.29 is 13.7 Å². The topological polar surface area (TPSA) is 58.6 Å². The number of ether oxygens (including phenoxy) is 1. The summed E-state index contributed by atoms with van der Waals surface area (Å²) in [5.41, 5.74) is -0.451. The van der Waals surface area contributed by atoms with Crippen LogP contribution in [0.3, 0.4) is 0 Å². The Morgan fingerprint density at radius 1 is 1.12 bits per heavy atom. The summed E-state index contributed by atoms with van der Waals surface area (Å²) in [6.07, 6.45) is 7.83. The molecule has 142 valence electrons. The van der Waals surface area contributed by atoms with Crippen LogP contribution in [-0.2, 0) is 15.7 Å². The van der Waals surface area contributed by atoms with Crippen LogP contribution in [0.25, 0.3) is 0 Å². The van der Waals surface area contributed by atoms with Crippen LogP contribution < -0.4 is 4.72 Å². The van der Waals surface area contributed by atoms with E-state index in [-0.39, 0.29) is 16.9 Å². The molecule has 5 nitrogen and oxygen atoms in total. The summed E-state index contributed by atoms with van der Waals surface area (Å²) in [6, 6.07) is 0.257. The number of hydrogen-bond donors (Lipinski definition) is 1. The van der Waals surface area contributed by atoms with Gasteiger partial charge in [-0.1, -0.05) is 0 Å². The lowest BCUT2D eigenvalue weighted by atomic mass is 9.82. The maximum atomic E-state index is 13.2. The summed E-state index contributed by atoms with van der Waals surface area (Å²) in [5, 5.41) is 0. The van der Waals surface area contributed by atoms with Gasteiger partial charge in [-0.15, -0.1) is 0 Å². The molecule has 4 saturated carbocycles. The Kier molecular flexibility index (Phi) is 4.42. The van der Waals surface area contributed by atoms with Gasteiger partial charge in [0.15, 0.2) is 0 Å². The smallest absolute Gasteiger partial charge is 0.410 e. The van der Waals surface area contributed by atoms with Crippen molar-refractivity contribution in [3.05, 3.63) is 0 Å². The quantitative estimate of drug-likeness (QED) is 0.832. The Hall–Kier alpha value is -0.620. The number of likely N-dealkylation sites (tertiary alicyclic amines) is 1. The van der Waals surface area contributed by atoms with E-state index in [2.05, 4.69) is 4.72 Å². The van der Waals surface area contributed by atoms with Crippen molar-refractivity contribution in [1.82, 2.24) is 9.62 Å². The predicted molar refractivity (Wildman–Crippen MR) is 98.4 cm³/mol. The lowest BCUT2D eigenvalue weighted by Crippen LogP contribution is -2.50. The second-order valence-electron chi connectivity index (χ2n) is 9.74. The summed E-state index contributed by atoms with van der Waals surface area (Å²) in [4.78, 5) is 14.0. The van der Waals surface area contributed by atoms with Gasteiger partial charge in [0, 0.05) is 19.1 Å². The minimum atomic E-state index is -0.932. The maximum absolute atomic E-state index is 13.2. The SMILES string of the molecule is CC(C)(C)OC(=O)N1CCC(NS(=O)C23CC4CC(CC2C4)C3)CC1. The van der Waals surface area contributed by atoms with Crippen LogP contribution >= 0.6 is 0 Å². The zero-order valence-corrected chi connectivity index (χ0v) is 16.6. The normalized spacial score (nSPS) is 39.0. The highest BCUT2D eigenvalue weighted by atomic mass is 32.2. The number of carbonyl (C=O) groups excluding carboxylic acids is 1. The first-order valence-corrected chi connectivity index (χ1v) is 11.1. The monoisotopic (exact) mass is 368 g/mol. The molecule has 5 fully saturated rings. The molecule has 4 bridgehead atoms. The maximum Gasteiger partial charge on any atom is 0.410 e. The molecule has 3 atom stereocenters. The highest BCUT2D eigenvalue weighted by Crippen LogP contribution is 2.62. The third kappa shape index (κ3) is 3.36. The molecule has 3 unspecified atom stereocenters. The van der Waals surface area contributed by atoms with E-state index < -0.39 is 16.6 Å². The van der Waals surface area contributed by atoms with E-state index in [0.717, 1.165) is 24.7 Å². The molecular formula is C19H32N2O3S. The number of hydrogen-bond acceptors (Lipinski definition) is 3. The second-order valence-corrected chi connectivity index (χ2v) is 11.3. The van der Waals surface area contributed by atoms with Gasteiger partial charge in [0.2, 0.25) is 0 Å². The van der Waals surface area contributed by atoms with Crippen LogP contribution in [0.5, 0.6) is 0 Å². The highest BCUT2D eigenvalue weighted by Gasteiger charge is 2.61. The average molecular weight is 369 g/mol. The molecule has 6 heteroatoms. The van der Waals surface area contributed by atoms with Gasteiger partial charge in [-0.3, -0.25) is 0 Å². The number of nitrogens with zero attached hydrogens (tertiary/aromatic N) is 1. The van der Waals surface area contributed by atoms with E-state index in [1.54, 1.807) is 4.90 Å².